The van der Waals surface area contributed by atoms with Gasteiger partial charge in [0, 0.05) is 32.8 Å². The van der Waals surface area contributed by atoms with Crippen molar-refractivity contribution in [3.8, 4) is 0 Å². The molecule has 1 aromatic rings. The number of methoxy groups -OCH3 is 1. The predicted molar refractivity (Wildman–Crippen MR) is 60.2 cm³/mol. The monoisotopic (exact) mass is 239 g/mol. The van der Waals surface area contributed by atoms with Crippen molar-refractivity contribution in [2.75, 3.05) is 20.2 Å². The van der Waals surface area contributed by atoms with Crippen LogP contribution in [0.4, 0.5) is 0 Å². The van der Waals surface area contributed by atoms with Crippen molar-refractivity contribution in [2.24, 2.45) is 0 Å². The molecule has 0 saturated carbocycles. The molecule has 0 bridgehead atoms. The topological polar surface area (TPSA) is 81.1 Å². The highest BCUT2D eigenvalue weighted by atomic mass is 16.5. The van der Waals surface area contributed by atoms with Crippen LogP contribution in [0.5, 0.6) is 0 Å². The van der Waals surface area contributed by atoms with Crippen molar-refractivity contribution in [3.05, 3.63) is 12.4 Å². The third kappa shape index (κ3) is 3.24. The zero-order valence-electron chi connectivity index (χ0n) is 9.80. The number of ether oxygens (including phenoxy) is 1. The van der Waals surface area contributed by atoms with Crippen LogP contribution in [0.1, 0.15) is 6.42 Å². The van der Waals surface area contributed by atoms with E-state index in [-0.39, 0.29) is 18.1 Å². The molecule has 7 heteroatoms. The maximum absolute atomic E-state index is 11.7. The Morgan fingerprint density at radius 3 is 3.24 bits per heavy atom. The number of aromatic nitrogens is 3. The first-order valence-electron chi connectivity index (χ1n) is 5.66. The molecule has 1 aliphatic heterocycles. The van der Waals surface area contributed by atoms with E-state index in [2.05, 4.69) is 20.9 Å². The largest absolute Gasteiger partial charge is 0.378 e. The van der Waals surface area contributed by atoms with Crippen molar-refractivity contribution in [3.63, 3.8) is 0 Å². The molecule has 1 aromatic heterocycles. The highest BCUT2D eigenvalue weighted by Gasteiger charge is 2.27. The van der Waals surface area contributed by atoms with E-state index in [0.717, 1.165) is 13.1 Å². The van der Waals surface area contributed by atoms with Crippen LogP contribution in [0.3, 0.4) is 0 Å². The van der Waals surface area contributed by atoms with E-state index >= 15 is 0 Å². The van der Waals surface area contributed by atoms with Gasteiger partial charge in [0.05, 0.1) is 24.9 Å². The summed E-state index contributed by atoms with van der Waals surface area (Å²) in [6.45, 7) is 2.09. The molecule has 1 unspecified atom stereocenters. The molecule has 2 atom stereocenters. The first-order valence-corrected chi connectivity index (χ1v) is 5.66. The molecular weight excluding hydrogens is 222 g/mol. The average molecular weight is 239 g/mol. The molecule has 1 aliphatic rings. The second-order valence-electron chi connectivity index (χ2n) is 4.02. The van der Waals surface area contributed by atoms with E-state index in [1.807, 2.05) is 0 Å². The van der Waals surface area contributed by atoms with Gasteiger partial charge in [0.25, 0.3) is 0 Å². The molecule has 1 saturated heterocycles. The third-order valence-corrected chi connectivity index (χ3v) is 2.85. The first-order chi connectivity index (χ1) is 8.29. The van der Waals surface area contributed by atoms with Gasteiger partial charge < -0.3 is 15.4 Å². The Hall–Kier alpha value is -1.47. The summed E-state index contributed by atoms with van der Waals surface area (Å²) >= 11 is 0. The summed E-state index contributed by atoms with van der Waals surface area (Å²) in [7, 11) is 1.66. The normalized spacial score (nSPS) is 23.8. The van der Waals surface area contributed by atoms with E-state index in [1.54, 1.807) is 24.2 Å². The minimum Gasteiger partial charge on any atom is -0.378 e. The van der Waals surface area contributed by atoms with Gasteiger partial charge in [-0.2, -0.15) is 0 Å². The second kappa shape index (κ2) is 5.74. The van der Waals surface area contributed by atoms with E-state index in [9.17, 15) is 4.79 Å². The molecule has 17 heavy (non-hydrogen) atoms. The van der Waals surface area contributed by atoms with Crippen molar-refractivity contribution in [2.45, 2.75) is 25.1 Å². The number of hydrogen-bond acceptors (Lipinski definition) is 5. The van der Waals surface area contributed by atoms with Gasteiger partial charge in [0.2, 0.25) is 5.91 Å². The smallest absolute Gasteiger partial charge is 0.222 e. The zero-order chi connectivity index (χ0) is 12.1. The number of nitrogens with zero attached hydrogens (tertiary/aromatic N) is 3. The van der Waals surface area contributed by atoms with Crippen molar-refractivity contribution in [1.29, 1.82) is 0 Å². The number of hydrogen-bond donors (Lipinski definition) is 2. The van der Waals surface area contributed by atoms with Crippen molar-refractivity contribution in [1.82, 2.24) is 25.6 Å². The number of nitrogens with one attached hydrogen (secondary N) is 2. The van der Waals surface area contributed by atoms with Crippen LogP contribution in [0, 0.1) is 0 Å². The Balaban J connectivity index is 1.73. The highest BCUT2D eigenvalue weighted by molar-refractivity contribution is 5.76. The molecule has 94 valence electrons. The Kier molecular flexibility index (Phi) is 4.05. The predicted octanol–water partition coefficient (Wildman–Crippen LogP) is -1.23. The summed E-state index contributed by atoms with van der Waals surface area (Å²) in [4.78, 5) is 11.7. The maximum atomic E-state index is 11.7. The molecule has 1 amide bonds. The fourth-order valence-corrected chi connectivity index (χ4v) is 1.89. The Bertz CT molecular complexity index is 354. The molecule has 0 radical (unpaired) electrons. The van der Waals surface area contributed by atoms with Gasteiger partial charge in [-0.3, -0.25) is 9.48 Å². The van der Waals surface area contributed by atoms with Crippen LogP contribution in [0.15, 0.2) is 12.4 Å². The van der Waals surface area contributed by atoms with E-state index in [0.29, 0.717) is 13.0 Å². The second-order valence-corrected chi connectivity index (χ2v) is 4.02. The van der Waals surface area contributed by atoms with Crippen LogP contribution >= 0.6 is 0 Å². The zero-order valence-corrected chi connectivity index (χ0v) is 9.80. The van der Waals surface area contributed by atoms with Gasteiger partial charge >= 0.3 is 0 Å². The molecule has 0 spiro atoms. The summed E-state index contributed by atoms with van der Waals surface area (Å²) in [6, 6.07) is 0.0586. The molecular formula is C10H17N5O2. The van der Waals surface area contributed by atoms with Crippen molar-refractivity contribution < 1.29 is 9.53 Å². The summed E-state index contributed by atoms with van der Waals surface area (Å²) in [5, 5.41) is 13.6. The van der Waals surface area contributed by atoms with E-state index in [4.69, 9.17) is 4.74 Å². The van der Waals surface area contributed by atoms with Crippen molar-refractivity contribution >= 4 is 5.91 Å². The Morgan fingerprint density at radius 1 is 1.65 bits per heavy atom. The third-order valence-electron chi connectivity index (χ3n) is 2.85. The van der Waals surface area contributed by atoms with Gasteiger partial charge in [-0.1, -0.05) is 5.21 Å². The molecule has 2 N–H and O–H groups in total. The minimum atomic E-state index is 0.0104. The van der Waals surface area contributed by atoms with Gasteiger partial charge in [0.1, 0.15) is 0 Å². The lowest BCUT2D eigenvalue weighted by Crippen LogP contribution is -2.43. The maximum Gasteiger partial charge on any atom is 0.222 e. The Labute approximate surface area is 99.5 Å². The SMILES string of the molecule is CO[C@H]1CNCC1NC(=O)CCn1ccnn1. The average Bonchev–Trinajstić information content (AvgIpc) is 2.97. The molecule has 2 heterocycles. The van der Waals surface area contributed by atoms with Gasteiger partial charge in [-0.05, 0) is 0 Å². The fraction of sp³-hybridized carbons (Fsp3) is 0.700. The molecule has 0 aromatic carbocycles. The quantitative estimate of drug-likeness (QED) is 0.672. The highest BCUT2D eigenvalue weighted by Crippen LogP contribution is 2.03. The van der Waals surface area contributed by atoms with Gasteiger partial charge in [0.15, 0.2) is 0 Å². The lowest BCUT2D eigenvalue weighted by molar-refractivity contribution is -0.122. The number of aryl methyl sites for hydroxylation is 1. The number of carbonyl (C=O) groups excluding carboxylic acids is 1. The van der Waals surface area contributed by atoms with Gasteiger partial charge in [-0.15, -0.1) is 5.10 Å². The first kappa shape index (κ1) is 12.0. The number of carbonyl (C=O) groups is 1. The molecule has 2 rings (SSSR count). The lowest BCUT2D eigenvalue weighted by Gasteiger charge is -2.18. The Morgan fingerprint density at radius 2 is 2.53 bits per heavy atom. The molecule has 1 fully saturated rings. The van der Waals surface area contributed by atoms with Crippen LogP contribution in [0.2, 0.25) is 0 Å². The van der Waals surface area contributed by atoms with Crippen LogP contribution in [-0.2, 0) is 16.1 Å². The molecule has 7 nitrogen and oxygen atoms in total. The fourth-order valence-electron chi connectivity index (χ4n) is 1.89. The summed E-state index contributed by atoms with van der Waals surface area (Å²) in [5.41, 5.74) is 0. The minimum absolute atomic E-state index is 0.0104. The van der Waals surface area contributed by atoms with Crippen LogP contribution < -0.4 is 10.6 Å². The summed E-state index contributed by atoms with van der Waals surface area (Å²) in [5.74, 6) is 0.0104. The summed E-state index contributed by atoms with van der Waals surface area (Å²) < 4.78 is 6.91. The van der Waals surface area contributed by atoms with Crippen LogP contribution in [-0.4, -0.2) is 53.2 Å². The summed E-state index contributed by atoms with van der Waals surface area (Å²) in [6.07, 6.45) is 3.80. The van der Waals surface area contributed by atoms with E-state index in [1.165, 1.54) is 0 Å². The number of amides is 1. The van der Waals surface area contributed by atoms with Crippen LogP contribution in [0.25, 0.3) is 0 Å². The lowest BCUT2D eigenvalue weighted by atomic mass is 10.2. The number of rotatable bonds is 5. The molecule has 0 aliphatic carbocycles. The standard InChI is InChI=1S/C10H17N5O2/c1-17-9-7-11-6-8(9)13-10(16)2-4-15-5-3-12-14-15/h3,5,8-9,11H,2,4,6-7H2,1H3,(H,13,16)/t8?,9-/m0/s1. The van der Waals surface area contributed by atoms with Gasteiger partial charge in [-0.25, -0.2) is 0 Å². The van der Waals surface area contributed by atoms with E-state index < -0.39 is 0 Å².